The van der Waals surface area contributed by atoms with Gasteiger partial charge in [-0.15, -0.1) is 0 Å². The molecule has 0 heterocycles. The van der Waals surface area contributed by atoms with Crippen molar-refractivity contribution in [3.8, 4) is 0 Å². The van der Waals surface area contributed by atoms with Crippen molar-refractivity contribution in [3.63, 3.8) is 0 Å². The normalized spacial score (nSPS) is 16.0. The molecule has 2 atom stereocenters. The lowest BCUT2D eigenvalue weighted by molar-refractivity contribution is 0.469. The van der Waals surface area contributed by atoms with Gasteiger partial charge in [-0.2, -0.15) is 0 Å². The first-order valence-corrected chi connectivity index (χ1v) is 5.19. The molecule has 0 aliphatic rings. The van der Waals surface area contributed by atoms with Gasteiger partial charge >= 0.3 is 0 Å². The predicted octanol–water partition coefficient (Wildman–Crippen LogP) is 1.89. The monoisotopic (exact) mass is 172 g/mol. The van der Waals surface area contributed by atoms with Gasteiger partial charge < -0.3 is 11.1 Å². The summed E-state index contributed by atoms with van der Waals surface area (Å²) in [6.45, 7) is 7.56. The summed E-state index contributed by atoms with van der Waals surface area (Å²) >= 11 is 0. The molecule has 0 spiro atoms. The standard InChI is InChI=1S/C10H24N2/c1-4-6-7-10(11)8-12-9(3)5-2/h9-10,12H,4-8,11H2,1-3H3. The molecule has 74 valence electrons. The molecule has 0 fully saturated rings. The highest BCUT2D eigenvalue weighted by molar-refractivity contribution is 4.67. The molecule has 0 bridgehead atoms. The largest absolute Gasteiger partial charge is 0.327 e. The van der Waals surface area contributed by atoms with Gasteiger partial charge in [-0.25, -0.2) is 0 Å². The average molecular weight is 172 g/mol. The minimum atomic E-state index is 0.346. The smallest absolute Gasteiger partial charge is 0.0165 e. The molecule has 0 amide bonds. The van der Waals surface area contributed by atoms with Crippen LogP contribution in [0, 0.1) is 0 Å². The van der Waals surface area contributed by atoms with E-state index in [9.17, 15) is 0 Å². The van der Waals surface area contributed by atoms with Gasteiger partial charge in [0, 0.05) is 18.6 Å². The van der Waals surface area contributed by atoms with Crippen molar-refractivity contribution in [1.82, 2.24) is 5.32 Å². The van der Waals surface area contributed by atoms with Crippen molar-refractivity contribution in [2.75, 3.05) is 6.54 Å². The highest BCUT2D eigenvalue weighted by Gasteiger charge is 2.03. The van der Waals surface area contributed by atoms with E-state index < -0.39 is 0 Å². The number of rotatable bonds is 7. The molecule has 2 unspecified atom stereocenters. The molecule has 0 aliphatic carbocycles. The lowest BCUT2D eigenvalue weighted by atomic mass is 10.1. The van der Waals surface area contributed by atoms with Gasteiger partial charge in [0.15, 0.2) is 0 Å². The first kappa shape index (κ1) is 11.9. The highest BCUT2D eigenvalue weighted by Crippen LogP contribution is 1.97. The van der Waals surface area contributed by atoms with Gasteiger partial charge in [0.2, 0.25) is 0 Å². The van der Waals surface area contributed by atoms with E-state index in [0.29, 0.717) is 12.1 Å². The van der Waals surface area contributed by atoms with Crippen LogP contribution in [0.3, 0.4) is 0 Å². The summed E-state index contributed by atoms with van der Waals surface area (Å²) in [4.78, 5) is 0. The van der Waals surface area contributed by atoms with E-state index in [2.05, 4.69) is 26.1 Å². The fourth-order valence-corrected chi connectivity index (χ4v) is 1.07. The molecule has 0 saturated carbocycles. The van der Waals surface area contributed by atoms with Crippen LogP contribution in [0.25, 0.3) is 0 Å². The SMILES string of the molecule is CCCCC(N)CNC(C)CC. The molecule has 2 nitrogen and oxygen atoms in total. The maximum absolute atomic E-state index is 5.90. The van der Waals surface area contributed by atoms with E-state index in [-0.39, 0.29) is 0 Å². The Morgan fingerprint density at radius 3 is 2.50 bits per heavy atom. The third kappa shape index (κ3) is 6.62. The third-order valence-corrected chi connectivity index (χ3v) is 2.27. The van der Waals surface area contributed by atoms with Crippen LogP contribution in [0.5, 0.6) is 0 Å². The Bertz CT molecular complexity index is 93.8. The Kier molecular flexibility index (Phi) is 7.51. The van der Waals surface area contributed by atoms with E-state index >= 15 is 0 Å². The van der Waals surface area contributed by atoms with Crippen LogP contribution in [0.4, 0.5) is 0 Å². The topological polar surface area (TPSA) is 38.0 Å². The van der Waals surface area contributed by atoms with Crippen LogP contribution < -0.4 is 11.1 Å². The van der Waals surface area contributed by atoms with Gasteiger partial charge in [0.05, 0.1) is 0 Å². The number of nitrogens with two attached hydrogens (primary N) is 1. The Hall–Kier alpha value is -0.0800. The minimum Gasteiger partial charge on any atom is -0.327 e. The van der Waals surface area contributed by atoms with Crippen molar-refractivity contribution in [2.24, 2.45) is 5.73 Å². The fourth-order valence-electron chi connectivity index (χ4n) is 1.07. The van der Waals surface area contributed by atoms with Crippen LogP contribution in [0.15, 0.2) is 0 Å². The summed E-state index contributed by atoms with van der Waals surface area (Å²) in [6.07, 6.45) is 4.83. The summed E-state index contributed by atoms with van der Waals surface area (Å²) in [5, 5.41) is 3.42. The number of nitrogens with one attached hydrogen (secondary N) is 1. The minimum absolute atomic E-state index is 0.346. The van der Waals surface area contributed by atoms with Crippen molar-refractivity contribution in [1.29, 1.82) is 0 Å². The first-order valence-electron chi connectivity index (χ1n) is 5.19. The second kappa shape index (κ2) is 7.56. The second-order valence-corrected chi connectivity index (χ2v) is 3.62. The van der Waals surface area contributed by atoms with Crippen molar-refractivity contribution < 1.29 is 0 Å². The van der Waals surface area contributed by atoms with E-state index in [1.54, 1.807) is 0 Å². The average Bonchev–Trinajstić information content (AvgIpc) is 2.10. The molecule has 0 aromatic heterocycles. The Balaban J connectivity index is 3.24. The summed E-state index contributed by atoms with van der Waals surface area (Å²) in [5.41, 5.74) is 5.90. The van der Waals surface area contributed by atoms with Gasteiger partial charge in [-0.3, -0.25) is 0 Å². The summed E-state index contributed by atoms with van der Waals surface area (Å²) in [7, 11) is 0. The molecule has 0 radical (unpaired) electrons. The summed E-state index contributed by atoms with van der Waals surface area (Å²) < 4.78 is 0. The third-order valence-electron chi connectivity index (χ3n) is 2.27. The van der Waals surface area contributed by atoms with E-state index in [1.807, 2.05) is 0 Å². The number of unbranched alkanes of at least 4 members (excludes halogenated alkanes) is 1. The summed E-state index contributed by atoms with van der Waals surface area (Å²) in [5.74, 6) is 0. The number of hydrogen-bond donors (Lipinski definition) is 2. The summed E-state index contributed by atoms with van der Waals surface area (Å²) in [6, 6.07) is 0.955. The predicted molar refractivity (Wildman–Crippen MR) is 55.3 cm³/mol. The second-order valence-electron chi connectivity index (χ2n) is 3.62. The first-order chi connectivity index (χ1) is 5.70. The van der Waals surface area contributed by atoms with Crippen LogP contribution in [0.1, 0.15) is 46.5 Å². The van der Waals surface area contributed by atoms with Crippen molar-refractivity contribution in [2.45, 2.75) is 58.5 Å². The maximum Gasteiger partial charge on any atom is 0.0165 e. The molecule has 0 saturated heterocycles. The molecular weight excluding hydrogens is 148 g/mol. The van der Waals surface area contributed by atoms with Gasteiger partial charge in [-0.05, 0) is 19.8 Å². The molecule has 12 heavy (non-hydrogen) atoms. The zero-order valence-corrected chi connectivity index (χ0v) is 8.77. The van der Waals surface area contributed by atoms with Crippen molar-refractivity contribution in [3.05, 3.63) is 0 Å². The van der Waals surface area contributed by atoms with Crippen LogP contribution >= 0.6 is 0 Å². The molecule has 0 aliphatic heterocycles. The zero-order chi connectivity index (χ0) is 9.40. The van der Waals surface area contributed by atoms with Gasteiger partial charge in [-0.1, -0.05) is 26.7 Å². The molecule has 2 heteroatoms. The maximum atomic E-state index is 5.90. The van der Waals surface area contributed by atoms with Gasteiger partial charge in [0.25, 0.3) is 0 Å². The Labute approximate surface area is 76.9 Å². The zero-order valence-electron chi connectivity index (χ0n) is 8.77. The quantitative estimate of drug-likeness (QED) is 0.615. The van der Waals surface area contributed by atoms with Crippen molar-refractivity contribution >= 4 is 0 Å². The van der Waals surface area contributed by atoms with E-state index in [1.165, 1.54) is 19.3 Å². The molecular formula is C10H24N2. The molecule has 3 N–H and O–H groups in total. The fraction of sp³-hybridized carbons (Fsp3) is 1.00. The Morgan fingerprint density at radius 1 is 1.33 bits per heavy atom. The van der Waals surface area contributed by atoms with Crippen LogP contribution in [0.2, 0.25) is 0 Å². The molecule has 0 rings (SSSR count). The lowest BCUT2D eigenvalue weighted by Gasteiger charge is -2.15. The van der Waals surface area contributed by atoms with Crippen LogP contribution in [-0.2, 0) is 0 Å². The number of hydrogen-bond acceptors (Lipinski definition) is 2. The lowest BCUT2D eigenvalue weighted by Crippen LogP contribution is -2.38. The van der Waals surface area contributed by atoms with E-state index in [4.69, 9.17) is 5.73 Å². The van der Waals surface area contributed by atoms with Crippen LogP contribution in [-0.4, -0.2) is 18.6 Å². The molecule has 0 aromatic carbocycles. The van der Waals surface area contributed by atoms with E-state index in [0.717, 1.165) is 13.0 Å². The Morgan fingerprint density at radius 2 is 2.00 bits per heavy atom. The molecule has 0 aromatic rings. The van der Waals surface area contributed by atoms with Gasteiger partial charge in [0.1, 0.15) is 0 Å². The highest BCUT2D eigenvalue weighted by atomic mass is 14.9.